The molecule has 4 rings (SSSR count). The topological polar surface area (TPSA) is 36.4 Å². The molecule has 1 saturated heterocycles. The summed E-state index contributed by atoms with van der Waals surface area (Å²) in [7, 11) is 2.20. The van der Waals surface area contributed by atoms with Gasteiger partial charge in [-0.15, -0.1) is 0 Å². The van der Waals surface area contributed by atoms with E-state index in [9.17, 15) is 4.79 Å². The van der Waals surface area contributed by atoms with Gasteiger partial charge in [-0.3, -0.25) is 4.79 Å². The zero-order valence-corrected chi connectivity index (χ0v) is 17.5. The van der Waals surface area contributed by atoms with Crippen molar-refractivity contribution in [3.8, 4) is 0 Å². The molecular formula is C24H26ClN3O. The van der Waals surface area contributed by atoms with Gasteiger partial charge in [-0.1, -0.05) is 60.1 Å². The average molecular weight is 408 g/mol. The van der Waals surface area contributed by atoms with Crippen molar-refractivity contribution in [3.63, 3.8) is 0 Å². The molecule has 0 N–H and O–H groups in total. The number of carbonyl (C=O) groups excluding carboxylic acids is 1. The second kappa shape index (κ2) is 8.93. The molecule has 0 atom stereocenters. The number of carbonyl (C=O) groups is 1. The number of fused-ring (bicyclic) bond motifs is 1. The van der Waals surface area contributed by atoms with E-state index in [4.69, 9.17) is 11.6 Å². The number of hydrogen-bond donors (Lipinski definition) is 0. The standard InChI is InChI=1S/C24H26ClN3O/c1-27(14-11-18-7-3-2-4-8-18)19-12-15-28(16-13-19)24(29)21-17-23(25)26-22-10-6-5-9-20(21)22/h2-10,17,19H,11-16H2,1H3. The molecule has 0 saturated carbocycles. The molecule has 2 heterocycles. The maximum atomic E-state index is 13.2. The Hall–Kier alpha value is -2.43. The average Bonchev–Trinajstić information content (AvgIpc) is 2.77. The number of likely N-dealkylation sites (N-methyl/N-ethyl adjacent to an activating group) is 1. The number of rotatable bonds is 5. The zero-order valence-electron chi connectivity index (χ0n) is 16.7. The van der Waals surface area contributed by atoms with Gasteiger partial charge in [0, 0.05) is 31.1 Å². The molecule has 0 bridgehead atoms. The van der Waals surface area contributed by atoms with E-state index in [0.717, 1.165) is 49.8 Å². The Labute approximate surface area is 177 Å². The number of nitrogens with zero attached hydrogens (tertiary/aromatic N) is 3. The summed E-state index contributed by atoms with van der Waals surface area (Å²) in [6.07, 6.45) is 3.04. The molecule has 4 nitrogen and oxygen atoms in total. The SMILES string of the molecule is CN(CCc1ccccc1)C1CCN(C(=O)c2cc(Cl)nc3ccccc23)CC1. The van der Waals surface area contributed by atoms with Crippen LogP contribution in [0.2, 0.25) is 5.15 Å². The van der Waals surface area contributed by atoms with Crippen LogP contribution in [0.3, 0.4) is 0 Å². The maximum Gasteiger partial charge on any atom is 0.254 e. The highest BCUT2D eigenvalue weighted by Gasteiger charge is 2.27. The van der Waals surface area contributed by atoms with Crippen LogP contribution in [0.5, 0.6) is 0 Å². The van der Waals surface area contributed by atoms with Crippen LogP contribution in [0, 0.1) is 0 Å². The van der Waals surface area contributed by atoms with Gasteiger partial charge in [0.1, 0.15) is 5.15 Å². The molecule has 5 heteroatoms. The summed E-state index contributed by atoms with van der Waals surface area (Å²) >= 11 is 6.17. The lowest BCUT2D eigenvalue weighted by molar-refractivity contribution is 0.0649. The second-order valence-corrected chi connectivity index (χ2v) is 8.14. The quantitative estimate of drug-likeness (QED) is 0.577. The first-order valence-electron chi connectivity index (χ1n) is 10.2. The fourth-order valence-corrected chi connectivity index (χ4v) is 4.33. The van der Waals surface area contributed by atoms with Crippen LogP contribution in [0.25, 0.3) is 10.9 Å². The van der Waals surface area contributed by atoms with Crippen LogP contribution in [-0.4, -0.2) is 53.4 Å². The third-order valence-corrected chi connectivity index (χ3v) is 6.08. The van der Waals surface area contributed by atoms with Gasteiger partial charge < -0.3 is 9.80 Å². The number of para-hydroxylation sites is 1. The molecule has 1 amide bonds. The Bertz CT molecular complexity index is 984. The Balaban J connectivity index is 1.38. The number of hydrogen-bond acceptors (Lipinski definition) is 3. The van der Waals surface area contributed by atoms with Crippen molar-refractivity contribution in [2.24, 2.45) is 0 Å². The number of aromatic nitrogens is 1. The molecule has 0 radical (unpaired) electrons. The monoisotopic (exact) mass is 407 g/mol. The summed E-state index contributed by atoms with van der Waals surface area (Å²) in [5.41, 5.74) is 2.78. The first-order valence-corrected chi connectivity index (χ1v) is 10.6. The van der Waals surface area contributed by atoms with Crippen molar-refractivity contribution >= 4 is 28.4 Å². The van der Waals surface area contributed by atoms with Gasteiger partial charge >= 0.3 is 0 Å². The van der Waals surface area contributed by atoms with Gasteiger partial charge in [0.25, 0.3) is 5.91 Å². The molecule has 1 aliphatic heterocycles. The Morgan fingerprint density at radius 3 is 2.55 bits per heavy atom. The molecule has 1 fully saturated rings. The van der Waals surface area contributed by atoms with Gasteiger partial charge in [-0.25, -0.2) is 4.98 Å². The molecule has 0 spiro atoms. The van der Waals surface area contributed by atoms with Crippen LogP contribution in [0.4, 0.5) is 0 Å². The number of likely N-dealkylation sites (tertiary alicyclic amines) is 1. The Morgan fingerprint density at radius 1 is 1.10 bits per heavy atom. The molecule has 150 valence electrons. The third-order valence-electron chi connectivity index (χ3n) is 5.89. The van der Waals surface area contributed by atoms with E-state index >= 15 is 0 Å². The van der Waals surface area contributed by atoms with E-state index in [2.05, 4.69) is 47.3 Å². The van der Waals surface area contributed by atoms with Crippen LogP contribution in [-0.2, 0) is 6.42 Å². The van der Waals surface area contributed by atoms with Gasteiger partial charge in [0.2, 0.25) is 0 Å². The third kappa shape index (κ3) is 4.60. The van der Waals surface area contributed by atoms with Crippen LogP contribution < -0.4 is 0 Å². The number of halogens is 1. The van der Waals surface area contributed by atoms with E-state index in [-0.39, 0.29) is 5.91 Å². The highest BCUT2D eigenvalue weighted by molar-refractivity contribution is 6.30. The lowest BCUT2D eigenvalue weighted by atomic mass is 10.0. The number of benzene rings is 2. The molecule has 0 aliphatic carbocycles. The minimum atomic E-state index is 0.0517. The van der Waals surface area contributed by atoms with Crippen molar-refractivity contribution in [1.29, 1.82) is 0 Å². The van der Waals surface area contributed by atoms with Gasteiger partial charge in [0.15, 0.2) is 0 Å². The lowest BCUT2D eigenvalue weighted by Gasteiger charge is -2.37. The van der Waals surface area contributed by atoms with Crippen molar-refractivity contribution in [1.82, 2.24) is 14.8 Å². The number of piperidine rings is 1. The van der Waals surface area contributed by atoms with E-state index in [0.29, 0.717) is 16.8 Å². The molecule has 2 aromatic carbocycles. The van der Waals surface area contributed by atoms with E-state index in [1.807, 2.05) is 29.2 Å². The molecule has 29 heavy (non-hydrogen) atoms. The van der Waals surface area contributed by atoms with E-state index < -0.39 is 0 Å². The predicted octanol–water partition coefficient (Wildman–Crippen LogP) is 4.67. The van der Waals surface area contributed by atoms with Crippen LogP contribution in [0.15, 0.2) is 60.7 Å². The summed E-state index contributed by atoms with van der Waals surface area (Å²) in [5.74, 6) is 0.0517. The molecule has 1 aromatic heterocycles. The lowest BCUT2D eigenvalue weighted by Crippen LogP contribution is -2.46. The minimum Gasteiger partial charge on any atom is -0.339 e. The van der Waals surface area contributed by atoms with Gasteiger partial charge in [-0.05, 0) is 44.0 Å². The summed E-state index contributed by atoms with van der Waals surface area (Å²) in [4.78, 5) is 21.9. The van der Waals surface area contributed by atoms with Crippen LogP contribution in [0.1, 0.15) is 28.8 Å². The second-order valence-electron chi connectivity index (χ2n) is 7.75. The highest BCUT2D eigenvalue weighted by atomic mass is 35.5. The normalized spacial score (nSPS) is 15.2. The largest absolute Gasteiger partial charge is 0.339 e. The van der Waals surface area contributed by atoms with Gasteiger partial charge in [-0.2, -0.15) is 0 Å². The van der Waals surface area contributed by atoms with E-state index in [1.165, 1.54) is 5.56 Å². The molecule has 1 aliphatic rings. The Kier molecular flexibility index (Phi) is 6.12. The Morgan fingerprint density at radius 2 is 1.79 bits per heavy atom. The first kappa shape index (κ1) is 19.9. The minimum absolute atomic E-state index is 0.0517. The summed E-state index contributed by atoms with van der Waals surface area (Å²) in [5, 5.41) is 1.23. The molecular weight excluding hydrogens is 382 g/mol. The number of amides is 1. The summed E-state index contributed by atoms with van der Waals surface area (Å²) in [6.45, 7) is 2.58. The van der Waals surface area contributed by atoms with Crippen molar-refractivity contribution in [3.05, 3.63) is 76.9 Å². The number of pyridine rings is 1. The van der Waals surface area contributed by atoms with Crippen molar-refractivity contribution in [2.75, 3.05) is 26.7 Å². The summed E-state index contributed by atoms with van der Waals surface area (Å²) < 4.78 is 0. The van der Waals surface area contributed by atoms with Crippen LogP contribution >= 0.6 is 11.6 Å². The maximum absolute atomic E-state index is 13.2. The van der Waals surface area contributed by atoms with Crippen molar-refractivity contribution < 1.29 is 4.79 Å². The van der Waals surface area contributed by atoms with Crippen molar-refractivity contribution in [2.45, 2.75) is 25.3 Å². The smallest absolute Gasteiger partial charge is 0.254 e. The predicted molar refractivity (Wildman–Crippen MR) is 118 cm³/mol. The molecule has 3 aromatic rings. The fourth-order valence-electron chi connectivity index (χ4n) is 4.13. The van der Waals surface area contributed by atoms with E-state index in [1.54, 1.807) is 6.07 Å². The first-order chi connectivity index (χ1) is 14.1. The highest BCUT2D eigenvalue weighted by Crippen LogP contribution is 2.24. The fraction of sp³-hybridized carbons (Fsp3) is 0.333. The molecule has 0 unspecified atom stereocenters. The van der Waals surface area contributed by atoms with Gasteiger partial charge in [0.05, 0.1) is 11.1 Å². The summed E-state index contributed by atoms with van der Waals surface area (Å²) in [6, 6.07) is 20.5. The zero-order chi connectivity index (χ0) is 20.2.